The normalized spacial score (nSPS) is 11.6. The van der Waals surface area contributed by atoms with Crippen LogP contribution in [-0.2, 0) is 10.8 Å². The second-order valence-electron chi connectivity index (χ2n) is 20.0. The first-order valence-corrected chi connectivity index (χ1v) is 24.3. The lowest BCUT2D eigenvalue weighted by atomic mass is 9.77. The molecule has 3 heteroatoms. The van der Waals surface area contributed by atoms with E-state index in [1.807, 2.05) is 0 Å². The number of aryl methyl sites for hydroxylation is 6. The largest absolute Gasteiger partial charge is 0.310 e. The zero-order valence-corrected chi connectivity index (χ0v) is 42.0. The summed E-state index contributed by atoms with van der Waals surface area (Å²) in [6.45, 7) is 22.5. The van der Waals surface area contributed by atoms with Crippen LogP contribution in [0.1, 0.15) is 83.3 Å². The fraction of sp³-hybridized carbons (Fsp3) is 0.182. The van der Waals surface area contributed by atoms with Crippen LogP contribution in [0.15, 0.2) is 212 Å². The molecule has 0 spiro atoms. The van der Waals surface area contributed by atoms with Gasteiger partial charge in [0.1, 0.15) is 0 Å². The van der Waals surface area contributed by atoms with Gasteiger partial charge < -0.3 is 14.7 Å². The first-order chi connectivity index (χ1) is 33.2. The first kappa shape index (κ1) is 46.5. The van der Waals surface area contributed by atoms with Crippen molar-refractivity contribution in [3.63, 3.8) is 0 Å². The molecule has 0 atom stereocenters. The van der Waals surface area contributed by atoms with E-state index in [2.05, 4.69) is 296 Å². The molecule has 0 aromatic heterocycles. The van der Waals surface area contributed by atoms with Crippen LogP contribution in [0.3, 0.4) is 0 Å². The second-order valence-corrected chi connectivity index (χ2v) is 20.0. The summed E-state index contributed by atoms with van der Waals surface area (Å²) in [5.74, 6) is 0. The third-order valence-electron chi connectivity index (χ3n) is 14.2. The predicted octanol–water partition coefficient (Wildman–Crippen LogP) is 18.6. The molecule has 0 aliphatic carbocycles. The Kier molecular flexibility index (Phi) is 12.9. The van der Waals surface area contributed by atoms with Crippen molar-refractivity contribution in [2.45, 2.75) is 80.1 Å². The molecule has 9 aromatic carbocycles. The van der Waals surface area contributed by atoms with Crippen molar-refractivity contribution >= 4 is 51.2 Å². The van der Waals surface area contributed by atoms with Crippen LogP contribution in [0.25, 0.3) is 0 Å². The molecule has 0 unspecified atom stereocenters. The van der Waals surface area contributed by atoms with Crippen LogP contribution in [0.5, 0.6) is 0 Å². The molecule has 9 rings (SSSR count). The summed E-state index contributed by atoms with van der Waals surface area (Å²) in [4.78, 5) is 7.18. The van der Waals surface area contributed by atoms with Crippen molar-refractivity contribution in [3.05, 3.63) is 268 Å². The molecule has 0 heterocycles. The molecule has 0 bridgehead atoms. The lowest BCUT2D eigenvalue weighted by Gasteiger charge is -2.32. The number of para-hydroxylation sites is 2. The zero-order chi connectivity index (χ0) is 48.5. The van der Waals surface area contributed by atoms with Gasteiger partial charge in [-0.3, -0.25) is 0 Å². The quantitative estimate of drug-likeness (QED) is 0.114. The van der Waals surface area contributed by atoms with Gasteiger partial charge in [0, 0.05) is 62.0 Å². The monoisotopic (exact) mass is 900 g/mol. The summed E-state index contributed by atoms with van der Waals surface area (Å²) >= 11 is 0. The molecular formula is C66H65N3. The van der Waals surface area contributed by atoms with Crippen LogP contribution >= 0.6 is 0 Å². The SMILES string of the molecule is Cc1ccc(N(c2ccc(C(C)(C)c3cccc(N(c4ccccc4)c4ccc(C)cc4C)c3)cc2)c2ccc(C(C)(C)c3cccc(N(c4ccccc4)c4ccc(C)cc4C)c3)cc2)c(C)c1. The van der Waals surface area contributed by atoms with E-state index < -0.39 is 0 Å². The number of anilines is 9. The molecule has 0 saturated heterocycles. The average Bonchev–Trinajstić information content (AvgIpc) is 3.35. The van der Waals surface area contributed by atoms with Gasteiger partial charge >= 0.3 is 0 Å². The summed E-state index contributed by atoms with van der Waals surface area (Å²) < 4.78 is 0. The van der Waals surface area contributed by atoms with E-state index in [9.17, 15) is 0 Å². The number of hydrogen-bond donors (Lipinski definition) is 0. The van der Waals surface area contributed by atoms with Gasteiger partial charge in [-0.2, -0.15) is 0 Å². The molecular weight excluding hydrogens is 835 g/mol. The third-order valence-corrected chi connectivity index (χ3v) is 14.2. The van der Waals surface area contributed by atoms with Crippen LogP contribution < -0.4 is 14.7 Å². The fourth-order valence-corrected chi connectivity index (χ4v) is 10.1. The van der Waals surface area contributed by atoms with E-state index in [0.29, 0.717) is 0 Å². The summed E-state index contributed by atoms with van der Waals surface area (Å²) in [5, 5.41) is 0. The van der Waals surface area contributed by atoms with Gasteiger partial charge in [-0.1, -0.05) is 166 Å². The fourth-order valence-electron chi connectivity index (χ4n) is 10.1. The van der Waals surface area contributed by atoms with Gasteiger partial charge in [0.25, 0.3) is 0 Å². The van der Waals surface area contributed by atoms with Crippen molar-refractivity contribution in [2.24, 2.45) is 0 Å². The standard InChI is InChI=1S/C66H65N3/c1-46-27-38-62(49(4)41-46)67(58-34-30-52(31-35-58)65(7,8)54-19-17-25-60(44-54)68(56-21-13-11-14-22-56)63-39-28-47(2)42-50(63)5)59-36-32-53(33-37-59)66(9,10)55-20-18-26-61(45-55)69(57-23-15-12-16-24-57)64-40-29-48(3)43-51(64)6/h11-45H,1-10H3. The lowest BCUT2D eigenvalue weighted by molar-refractivity contribution is 0.641. The maximum atomic E-state index is 2.41. The number of hydrogen-bond acceptors (Lipinski definition) is 3. The maximum Gasteiger partial charge on any atom is 0.0490 e. The second kappa shape index (κ2) is 19.2. The minimum absolute atomic E-state index is 0.272. The zero-order valence-electron chi connectivity index (χ0n) is 42.0. The van der Waals surface area contributed by atoms with Crippen LogP contribution in [0.4, 0.5) is 51.2 Å². The maximum absolute atomic E-state index is 2.41. The van der Waals surface area contributed by atoms with E-state index in [0.717, 1.165) is 34.1 Å². The summed E-state index contributed by atoms with van der Waals surface area (Å²) in [7, 11) is 0. The van der Waals surface area contributed by atoms with E-state index in [1.54, 1.807) is 0 Å². The van der Waals surface area contributed by atoms with Gasteiger partial charge in [-0.15, -0.1) is 0 Å². The molecule has 0 radical (unpaired) electrons. The number of nitrogens with zero attached hydrogens (tertiary/aromatic N) is 3. The van der Waals surface area contributed by atoms with E-state index in [-0.39, 0.29) is 10.8 Å². The predicted molar refractivity (Wildman–Crippen MR) is 296 cm³/mol. The van der Waals surface area contributed by atoms with Gasteiger partial charge in [0.15, 0.2) is 0 Å². The van der Waals surface area contributed by atoms with Crippen molar-refractivity contribution in [1.82, 2.24) is 0 Å². The number of benzene rings is 9. The Balaban J connectivity index is 1.04. The molecule has 9 aromatic rings. The highest BCUT2D eigenvalue weighted by molar-refractivity contribution is 5.82. The minimum atomic E-state index is -0.272. The summed E-state index contributed by atoms with van der Waals surface area (Å²) in [6.07, 6.45) is 0. The highest BCUT2D eigenvalue weighted by Crippen LogP contribution is 2.44. The molecule has 0 saturated carbocycles. The Labute approximate surface area is 412 Å². The van der Waals surface area contributed by atoms with E-state index in [4.69, 9.17) is 0 Å². The molecule has 3 nitrogen and oxygen atoms in total. The van der Waals surface area contributed by atoms with Gasteiger partial charge in [0.2, 0.25) is 0 Å². The van der Waals surface area contributed by atoms with Crippen molar-refractivity contribution in [2.75, 3.05) is 14.7 Å². The molecule has 0 aliphatic heterocycles. The van der Waals surface area contributed by atoms with Crippen LogP contribution in [0, 0.1) is 41.5 Å². The lowest BCUT2D eigenvalue weighted by Crippen LogP contribution is -2.21. The van der Waals surface area contributed by atoms with Gasteiger partial charge in [-0.25, -0.2) is 0 Å². The van der Waals surface area contributed by atoms with E-state index >= 15 is 0 Å². The molecule has 69 heavy (non-hydrogen) atoms. The van der Waals surface area contributed by atoms with Crippen LogP contribution in [-0.4, -0.2) is 0 Å². The first-order valence-electron chi connectivity index (χ1n) is 24.3. The Hall–Kier alpha value is -7.62. The molecule has 0 N–H and O–H groups in total. The third kappa shape index (κ3) is 9.47. The molecule has 0 aliphatic rings. The van der Waals surface area contributed by atoms with E-state index in [1.165, 1.54) is 72.7 Å². The highest BCUT2D eigenvalue weighted by atomic mass is 15.2. The van der Waals surface area contributed by atoms with Crippen LogP contribution in [0.2, 0.25) is 0 Å². The van der Waals surface area contributed by atoms with Crippen molar-refractivity contribution in [1.29, 1.82) is 0 Å². The average molecular weight is 900 g/mol. The van der Waals surface area contributed by atoms with Gasteiger partial charge in [-0.05, 0) is 171 Å². The smallest absolute Gasteiger partial charge is 0.0490 e. The topological polar surface area (TPSA) is 9.72 Å². The van der Waals surface area contributed by atoms with Crippen molar-refractivity contribution < 1.29 is 0 Å². The van der Waals surface area contributed by atoms with Gasteiger partial charge in [0.05, 0.1) is 0 Å². The Morgan fingerprint density at radius 1 is 0.246 bits per heavy atom. The molecule has 344 valence electrons. The molecule has 0 fully saturated rings. The summed E-state index contributed by atoms with van der Waals surface area (Å²) in [6, 6.07) is 78.2. The highest BCUT2D eigenvalue weighted by Gasteiger charge is 2.28. The Morgan fingerprint density at radius 3 is 0.855 bits per heavy atom. The summed E-state index contributed by atoms with van der Waals surface area (Å²) in [5.41, 5.74) is 22.3. The Morgan fingerprint density at radius 2 is 0.536 bits per heavy atom. The molecule has 0 amide bonds. The number of rotatable bonds is 13. The van der Waals surface area contributed by atoms with Crippen molar-refractivity contribution in [3.8, 4) is 0 Å². The Bertz CT molecular complexity index is 3030. The minimum Gasteiger partial charge on any atom is -0.310 e.